The van der Waals surface area contributed by atoms with Crippen molar-refractivity contribution in [2.75, 3.05) is 12.9 Å². The smallest absolute Gasteiger partial charge is 0.337 e. The number of thioether (sulfide) groups is 1. The highest BCUT2D eigenvalue weighted by Crippen LogP contribution is 2.21. The Hall–Kier alpha value is -2.74. The maximum absolute atomic E-state index is 13.0. The van der Waals surface area contributed by atoms with Crippen LogP contribution in [0.15, 0.2) is 58.5 Å². The number of methoxy groups -OCH3 is 1. The van der Waals surface area contributed by atoms with E-state index in [-0.39, 0.29) is 21.8 Å². The molecule has 5 nitrogen and oxygen atoms in total. The fraction of sp³-hybridized carbons (Fsp3) is 0.250. The Morgan fingerprint density at radius 3 is 2.64 bits per heavy atom. The van der Waals surface area contributed by atoms with E-state index < -0.39 is 18.1 Å². The molecular formula is C20H18F2N2O3S. The van der Waals surface area contributed by atoms with E-state index in [9.17, 15) is 18.4 Å². The molecule has 0 N–H and O–H groups in total. The van der Waals surface area contributed by atoms with E-state index in [1.54, 1.807) is 0 Å². The molecule has 0 saturated carbocycles. The Morgan fingerprint density at radius 2 is 1.96 bits per heavy atom. The molecule has 0 amide bonds. The molecule has 0 aliphatic heterocycles. The zero-order valence-corrected chi connectivity index (χ0v) is 15.9. The van der Waals surface area contributed by atoms with Crippen LogP contribution in [0.4, 0.5) is 8.78 Å². The summed E-state index contributed by atoms with van der Waals surface area (Å²) in [5.41, 5.74) is 1.23. The van der Waals surface area contributed by atoms with Crippen LogP contribution in [0.3, 0.4) is 0 Å². The van der Waals surface area contributed by atoms with Gasteiger partial charge < -0.3 is 4.74 Å². The molecule has 2 aromatic carbocycles. The first-order valence-corrected chi connectivity index (χ1v) is 9.56. The van der Waals surface area contributed by atoms with Gasteiger partial charge in [-0.3, -0.25) is 9.36 Å². The normalized spacial score (nSPS) is 11.1. The van der Waals surface area contributed by atoms with Crippen molar-refractivity contribution in [1.29, 1.82) is 0 Å². The lowest BCUT2D eigenvalue weighted by Gasteiger charge is -2.13. The van der Waals surface area contributed by atoms with Gasteiger partial charge >= 0.3 is 5.97 Å². The van der Waals surface area contributed by atoms with Gasteiger partial charge in [0.25, 0.3) is 5.56 Å². The number of hydrogen-bond acceptors (Lipinski definition) is 5. The van der Waals surface area contributed by atoms with Gasteiger partial charge in [-0.2, -0.15) is 0 Å². The quantitative estimate of drug-likeness (QED) is 0.341. The average molecular weight is 404 g/mol. The molecule has 0 aliphatic carbocycles. The van der Waals surface area contributed by atoms with Crippen LogP contribution in [-0.4, -0.2) is 34.8 Å². The number of ether oxygens (including phenoxy) is 1. The van der Waals surface area contributed by atoms with Crippen molar-refractivity contribution < 1.29 is 18.3 Å². The standard InChI is InChI=1S/C20H18F2N2O3S/c1-27-19(26)14-7-8-15-16(11-14)23-20(28-12-17(21)22)24(18(15)25)10-9-13-5-3-2-4-6-13/h2-8,11,17H,9-10,12H2,1H3. The van der Waals surface area contributed by atoms with Crippen molar-refractivity contribution >= 4 is 28.6 Å². The lowest BCUT2D eigenvalue weighted by atomic mass is 10.1. The monoisotopic (exact) mass is 404 g/mol. The largest absolute Gasteiger partial charge is 0.465 e. The maximum atomic E-state index is 13.0. The molecule has 0 aliphatic rings. The van der Waals surface area contributed by atoms with E-state index in [1.807, 2.05) is 30.3 Å². The van der Waals surface area contributed by atoms with Crippen LogP contribution < -0.4 is 5.56 Å². The molecule has 3 aromatic rings. The Kier molecular flexibility index (Phi) is 6.41. The second kappa shape index (κ2) is 8.97. The predicted molar refractivity (Wildman–Crippen MR) is 104 cm³/mol. The molecule has 1 heterocycles. The molecule has 0 bridgehead atoms. The first-order valence-electron chi connectivity index (χ1n) is 8.57. The fourth-order valence-corrected chi connectivity index (χ4v) is 3.54. The molecule has 0 fully saturated rings. The fourth-order valence-electron chi connectivity index (χ4n) is 2.78. The topological polar surface area (TPSA) is 61.2 Å². The van der Waals surface area contributed by atoms with Crippen molar-refractivity contribution in [2.24, 2.45) is 0 Å². The minimum atomic E-state index is -2.53. The van der Waals surface area contributed by atoms with Crippen LogP contribution in [0.2, 0.25) is 0 Å². The Bertz CT molecular complexity index is 1040. The van der Waals surface area contributed by atoms with E-state index in [0.29, 0.717) is 18.4 Å². The summed E-state index contributed by atoms with van der Waals surface area (Å²) < 4.78 is 31.6. The zero-order valence-electron chi connectivity index (χ0n) is 15.1. The van der Waals surface area contributed by atoms with Gasteiger partial charge in [0, 0.05) is 6.54 Å². The first kappa shape index (κ1) is 20.0. The van der Waals surface area contributed by atoms with Gasteiger partial charge in [-0.05, 0) is 30.2 Å². The molecule has 0 unspecified atom stereocenters. The minimum absolute atomic E-state index is 0.204. The average Bonchev–Trinajstić information content (AvgIpc) is 2.71. The maximum Gasteiger partial charge on any atom is 0.337 e. The van der Waals surface area contributed by atoms with E-state index in [2.05, 4.69) is 9.72 Å². The molecule has 0 saturated heterocycles. The number of alkyl halides is 2. The number of aromatic nitrogens is 2. The molecule has 3 rings (SSSR count). The van der Waals surface area contributed by atoms with Crippen molar-refractivity contribution in [2.45, 2.75) is 24.5 Å². The summed E-state index contributed by atoms with van der Waals surface area (Å²) in [7, 11) is 1.26. The van der Waals surface area contributed by atoms with Crippen LogP contribution in [0, 0.1) is 0 Å². The second-order valence-electron chi connectivity index (χ2n) is 6.01. The summed E-state index contributed by atoms with van der Waals surface area (Å²) >= 11 is 0.825. The number of fused-ring (bicyclic) bond motifs is 1. The van der Waals surface area contributed by atoms with E-state index in [0.717, 1.165) is 17.3 Å². The van der Waals surface area contributed by atoms with Gasteiger partial charge in [0.05, 0.1) is 29.3 Å². The molecule has 1 aromatic heterocycles. The summed E-state index contributed by atoms with van der Waals surface area (Å²) in [5.74, 6) is -1.03. The summed E-state index contributed by atoms with van der Waals surface area (Å²) in [6.07, 6.45) is -1.96. The highest BCUT2D eigenvalue weighted by Gasteiger charge is 2.16. The van der Waals surface area contributed by atoms with Crippen molar-refractivity contribution in [3.05, 3.63) is 70.0 Å². The van der Waals surface area contributed by atoms with Crippen molar-refractivity contribution in [1.82, 2.24) is 9.55 Å². The Balaban J connectivity index is 2.03. The summed E-state index contributed by atoms with van der Waals surface area (Å²) in [6, 6.07) is 14.0. The highest BCUT2D eigenvalue weighted by atomic mass is 32.2. The predicted octanol–water partition coefficient (Wildman–Crippen LogP) is 3.78. The zero-order chi connectivity index (χ0) is 20.1. The molecule has 146 valence electrons. The third kappa shape index (κ3) is 4.56. The minimum Gasteiger partial charge on any atom is -0.465 e. The number of benzene rings is 2. The molecule has 0 radical (unpaired) electrons. The number of nitrogens with zero attached hydrogens (tertiary/aromatic N) is 2. The first-order chi connectivity index (χ1) is 13.5. The Morgan fingerprint density at radius 1 is 1.21 bits per heavy atom. The summed E-state index contributed by atoms with van der Waals surface area (Å²) in [6.45, 7) is 0.316. The number of esters is 1. The van der Waals surface area contributed by atoms with Crippen LogP contribution in [0.1, 0.15) is 15.9 Å². The molecule has 8 heteroatoms. The number of hydrogen-bond donors (Lipinski definition) is 0. The molecule has 0 spiro atoms. The number of rotatable bonds is 7. The van der Waals surface area contributed by atoms with Crippen LogP contribution in [0.25, 0.3) is 10.9 Å². The molecular weight excluding hydrogens is 386 g/mol. The van der Waals surface area contributed by atoms with Gasteiger partial charge in [0.15, 0.2) is 5.16 Å². The third-order valence-corrected chi connectivity index (χ3v) is 5.14. The van der Waals surface area contributed by atoms with Crippen LogP contribution in [-0.2, 0) is 17.7 Å². The Labute approximate surface area is 164 Å². The third-order valence-electron chi connectivity index (χ3n) is 4.15. The molecule has 28 heavy (non-hydrogen) atoms. The number of halogens is 2. The van der Waals surface area contributed by atoms with E-state index >= 15 is 0 Å². The second-order valence-corrected chi connectivity index (χ2v) is 7.00. The number of carbonyl (C=O) groups excluding carboxylic acids is 1. The highest BCUT2D eigenvalue weighted by molar-refractivity contribution is 7.99. The molecule has 0 atom stereocenters. The van der Waals surface area contributed by atoms with Crippen LogP contribution in [0.5, 0.6) is 0 Å². The van der Waals surface area contributed by atoms with Crippen molar-refractivity contribution in [3.8, 4) is 0 Å². The lowest BCUT2D eigenvalue weighted by molar-refractivity contribution is 0.0601. The SMILES string of the molecule is COC(=O)c1ccc2c(=O)n(CCc3ccccc3)c(SCC(F)F)nc2c1. The van der Waals surface area contributed by atoms with Gasteiger partial charge in [0.1, 0.15) is 0 Å². The van der Waals surface area contributed by atoms with Gasteiger partial charge in [-0.15, -0.1) is 0 Å². The lowest BCUT2D eigenvalue weighted by Crippen LogP contribution is -2.25. The number of aryl methyl sites for hydroxylation is 1. The van der Waals surface area contributed by atoms with E-state index in [1.165, 1.54) is 29.9 Å². The van der Waals surface area contributed by atoms with Gasteiger partial charge in [-0.1, -0.05) is 42.1 Å². The van der Waals surface area contributed by atoms with Crippen LogP contribution >= 0.6 is 11.8 Å². The number of carbonyl (C=O) groups is 1. The van der Waals surface area contributed by atoms with Gasteiger partial charge in [0.2, 0.25) is 6.43 Å². The summed E-state index contributed by atoms with van der Waals surface area (Å²) in [5, 5.41) is 0.526. The summed E-state index contributed by atoms with van der Waals surface area (Å²) in [4.78, 5) is 29.1. The van der Waals surface area contributed by atoms with E-state index in [4.69, 9.17) is 0 Å². The van der Waals surface area contributed by atoms with Crippen molar-refractivity contribution in [3.63, 3.8) is 0 Å². The van der Waals surface area contributed by atoms with Gasteiger partial charge in [-0.25, -0.2) is 18.6 Å².